The molecule has 174 valence electrons. The van der Waals surface area contributed by atoms with E-state index in [1.165, 1.54) is 0 Å². The third kappa shape index (κ3) is 5.27. The topological polar surface area (TPSA) is 102 Å². The van der Waals surface area contributed by atoms with E-state index >= 15 is 0 Å². The summed E-state index contributed by atoms with van der Waals surface area (Å²) < 4.78 is 7.28. The van der Waals surface area contributed by atoms with Crippen LogP contribution in [0.15, 0.2) is 48.5 Å². The van der Waals surface area contributed by atoms with E-state index in [1.807, 2.05) is 58.0 Å². The number of amides is 2. The molecular formula is C25H31N5O3. The van der Waals surface area contributed by atoms with Gasteiger partial charge in [0, 0.05) is 25.6 Å². The van der Waals surface area contributed by atoms with Crippen LogP contribution in [-0.4, -0.2) is 34.6 Å². The fraction of sp³-hybridized carbons (Fsp3) is 0.400. The second-order valence-electron chi connectivity index (χ2n) is 8.47. The molecule has 3 N–H and O–H groups in total. The quantitative estimate of drug-likeness (QED) is 0.471. The summed E-state index contributed by atoms with van der Waals surface area (Å²) in [6, 6.07) is 15.5. The Morgan fingerprint density at radius 3 is 2.76 bits per heavy atom. The number of unbranched alkanes of at least 4 members (excludes halogenated alkanes) is 1. The number of benzene rings is 2. The molecule has 8 heteroatoms. The second-order valence-corrected chi connectivity index (χ2v) is 8.47. The van der Waals surface area contributed by atoms with E-state index in [2.05, 4.69) is 17.2 Å². The second kappa shape index (κ2) is 10.4. The molecule has 0 aliphatic carbocycles. The van der Waals surface area contributed by atoms with Crippen molar-refractivity contribution in [3.05, 3.63) is 54.1 Å². The molecule has 1 atom stereocenters. The molecule has 2 heterocycles. The molecule has 1 saturated heterocycles. The van der Waals surface area contributed by atoms with E-state index in [1.54, 1.807) is 0 Å². The summed E-state index contributed by atoms with van der Waals surface area (Å²) in [6.07, 6.45) is 3.65. The van der Waals surface area contributed by atoms with Crippen LogP contribution in [0.4, 0.5) is 16.4 Å². The number of imidazole rings is 1. The monoisotopic (exact) mass is 449 g/mol. The van der Waals surface area contributed by atoms with Crippen molar-refractivity contribution in [2.45, 2.75) is 51.7 Å². The molecule has 0 radical (unpaired) electrons. The SMILES string of the molecule is C[C@@H](CCCCNC(=O)OCc1ccccc1)n1c(N)nc2cccc(N3CCCC3=O)c21. The maximum absolute atomic E-state index is 12.4. The highest BCUT2D eigenvalue weighted by molar-refractivity contribution is 6.03. The summed E-state index contributed by atoms with van der Waals surface area (Å²) in [7, 11) is 0. The fourth-order valence-electron chi connectivity index (χ4n) is 4.37. The summed E-state index contributed by atoms with van der Waals surface area (Å²) in [5.41, 5.74) is 9.85. The molecule has 2 amide bonds. The Bertz CT molecular complexity index is 1110. The zero-order valence-corrected chi connectivity index (χ0v) is 19.0. The Kier molecular flexibility index (Phi) is 7.12. The van der Waals surface area contributed by atoms with Gasteiger partial charge in [0.1, 0.15) is 6.61 Å². The van der Waals surface area contributed by atoms with Crippen molar-refractivity contribution in [1.82, 2.24) is 14.9 Å². The molecule has 33 heavy (non-hydrogen) atoms. The number of anilines is 2. The molecule has 3 aromatic rings. The Morgan fingerprint density at radius 2 is 2.00 bits per heavy atom. The first kappa shape index (κ1) is 22.6. The molecular weight excluding hydrogens is 418 g/mol. The average Bonchev–Trinajstić information content (AvgIpc) is 3.39. The van der Waals surface area contributed by atoms with E-state index in [9.17, 15) is 9.59 Å². The Hall–Kier alpha value is -3.55. The van der Waals surface area contributed by atoms with Crippen LogP contribution in [0.1, 0.15) is 50.6 Å². The van der Waals surface area contributed by atoms with E-state index in [0.717, 1.165) is 54.5 Å². The molecule has 0 bridgehead atoms. The van der Waals surface area contributed by atoms with Gasteiger partial charge in [0.15, 0.2) is 0 Å². The van der Waals surface area contributed by atoms with Crippen molar-refractivity contribution in [3.8, 4) is 0 Å². The van der Waals surface area contributed by atoms with Crippen LogP contribution < -0.4 is 16.0 Å². The van der Waals surface area contributed by atoms with Crippen molar-refractivity contribution < 1.29 is 14.3 Å². The van der Waals surface area contributed by atoms with E-state index < -0.39 is 6.09 Å². The number of ether oxygens (including phenoxy) is 1. The number of aromatic nitrogens is 2. The van der Waals surface area contributed by atoms with Crippen LogP contribution in [0.5, 0.6) is 0 Å². The van der Waals surface area contributed by atoms with E-state index in [4.69, 9.17) is 10.5 Å². The lowest BCUT2D eigenvalue weighted by atomic mass is 10.1. The maximum atomic E-state index is 12.4. The van der Waals surface area contributed by atoms with Gasteiger partial charge in [0.05, 0.1) is 16.7 Å². The predicted octanol–water partition coefficient (Wildman–Crippen LogP) is 4.40. The molecule has 0 saturated carbocycles. The third-order valence-electron chi connectivity index (χ3n) is 6.05. The first-order chi connectivity index (χ1) is 16.0. The lowest BCUT2D eigenvalue weighted by molar-refractivity contribution is -0.117. The maximum Gasteiger partial charge on any atom is 0.407 e. The number of para-hydroxylation sites is 1. The zero-order valence-electron chi connectivity index (χ0n) is 19.0. The van der Waals surface area contributed by atoms with Crippen LogP contribution in [0.25, 0.3) is 11.0 Å². The van der Waals surface area contributed by atoms with Crippen molar-refractivity contribution in [3.63, 3.8) is 0 Å². The number of alkyl carbamates (subject to hydrolysis) is 1. The number of hydrogen-bond acceptors (Lipinski definition) is 5. The number of carbonyl (C=O) groups is 2. The summed E-state index contributed by atoms with van der Waals surface area (Å²) >= 11 is 0. The van der Waals surface area contributed by atoms with Gasteiger partial charge in [0.25, 0.3) is 0 Å². The third-order valence-corrected chi connectivity index (χ3v) is 6.05. The van der Waals surface area contributed by atoms with Crippen LogP contribution in [-0.2, 0) is 16.1 Å². The highest BCUT2D eigenvalue weighted by Crippen LogP contribution is 2.34. The fourth-order valence-corrected chi connectivity index (χ4v) is 4.37. The van der Waals surface area contributed by atoms with Crippen molar-refractivity contribution in [1.29, 1.82) is 0 Å². The number of rotatable bonds is 9. The van der Waals surface area contributed by atoms with Crippen LogP contribution in [0.3, 0.4) is 0 Å². The van der Waals surface area contributed by atoms with Gasteiger partial charge in [-0.3, -0.25) is 4.79 Å². The molecule has 1 aromatic heterocycles. The lowest BCUT2D eigenvalue weighted by Gasteiger charge is -2.21. The Balaban J connectivity index is 1.30. The van der Waals surface area contributed by atoms with Gasteiger partial charge < -0.3 is 25.3 Å². The van der Waals surface area contributed by atoms with Gasteiger partial charge >= 0.3 is 6.09 Å². The van der Waals surface area contributed by atoms with Gasteiger partial charge in [-0.25, -0.2) is 9.78 Å². The minimum atomic E-state index is -0.406. The molecule has 8 nitrogen and oxygen atoms in total. The normalized spacial score (nSPS) is 14.6. The van der Waals surface area contributed by atoms with Crippen LogP contribution in [0, 0.1) is 0 Å². The highest BCUT2D eigenvalue weighted by Gasteiger charge is 2.26. The summed E-state index contributed by atoms with van der Waals surface area (Å²) in [4.78, 5) is 30.6. The minimum absolute atomic E-state index is 0.110. The Morgan fingerprint density at radius 1 is 1.18 bits per heavy atom. The van der Waals surface area contributed by atoms with Crippen molar-refractivity contribution in [2.75, 3.05) is 23.7 Å². The zero-order chi connectivity index (χ0) is 23.2. The lowest BCUT2D eigenvalue weighted by Crippen LogP contribution is -2.25. The highest BCUT2D eigenvalue weighted by atomic mass is 16.5. The molecule has 1 aliphatic heterocycles. The van der Waals surface area contributed by atoms with Crippen LogP contribution >= 0.6 is 0 Å². The number of carbonyl (C=O) groups excluding carboxylic acids is 2. The predicted molar refractivity (Wildman–Crippen MR) is 129 cm³/mol. The molecule has 1 aliphatic rings. The first-order valence-corrected chi connectivity index (χ1v) is 11.6. The number of nitrogens with zero attached hydrogens (tertiary/aromatic N) is 3. The Labute approximate surface area is 193 Å². The molecule has 1 fully saturated rings. The number of nitrogens with one attached hydrogen (secondary N) is 1. The largest absolute Gasteiger partial charge is 0.445 e. The number of hydrogen-bond donors (Lipinski definition) is 2. The van der Waals surface area contributed by atoms with Gasteiger partial charge in [0.2, 0.25) is 11.9 Å². The summed E-state index contributed by atoms with van der Waals surface area (Å²) in [5, 5.41) is 2.80. The van der Waals surface area contributed by atoms with Gasteiger partial charge in [-0.05, 0) is 50.3 Å². The number of fused-ring (bicyclic) bond motifs is 1. The minimum Gasteiger partial charge on any atom is -0.445 e. The van der Waals surface area contributed by atoms with E-state index in [0.29, 0.717) is 18.9 Å². The van der Waals surface area contributed by atoms with E-state index in [-0.39, 0.29) is 18.6 Å². The van der Waals surface area contributed by atoms with Gasteiger partial charge in [-0.15, -0.1) is 0 Å². The number of nitrogens with two attached hydrogens (primary N) is 1. The molecule has 0 unspecified atom stereocenters. The summed E-state index contributed by atoms with van der Waals surface area (Å²) in [5.74, 6) is 0.603. The molecule has 0 spiro atoms. The molecule has 2 aromatic carbocycles. The molecule has 4 rings (SSSR count). The van der Waals surface area contributed by atoms with Crippen molar-refractivity contribution >= 4 is 34.7 Å². The smallest absolute Gasteiger partial charge is 0.407 e. The number of nitrogen functional groups attached to an aromatic ring is 1. The standard InChI is InChI=1S/C25H31N5O3/c1-18(9-5-6-15-27-25(32)33-17-19-10-3-2-4-11-19)30-23-20(28-24(30)26)12-7-13-21(23)29-16-8-14-22(29)31/h2-4,7,10-13,18H,5-6,8-9,14-17H2,1H3,(H2,26,28)(H,27,32)/t18-/m0/s1. The first-order valence-electron chi connectivity index (χ1n) is 11.6. The summed E-state index contributed by atoms with van der Waals surface area (Å²) in [6.45, 7) is 3.65. The van der Waals surface area contributed by atoms with Gasteiger partial charge in [-0.2, -0.15) is 0 Å². The average molecular weight is 450 g/mol. The van der Waals surface area contributed by atoms with Gasteiger partial charge in [-0.1, -0.05) is 36.4 Å². The van der Waals surface area contributed by atoms with Crippen molar-refractivity contribution in [2.24, 2.45) is 0 Å². The van der Waals surface area contributed by atoms with Crippen LogP contribution in [0.2, 0.25) is 0 Å².